The Labute approximate surface area is 68.7 Å². The van der Waals surface area contributed by atoms with Gasteiger partial charge in [-0.05, 0) is 26.2 Å². The molecule has 1 fully saturated rings. The summed E-state index contributed by atoms with van der Waals surface area (Å²) in [4.78, 5) is 0. The largest absolute Gasteiger partial charge is 0.193 e. The molecule has 0 heterocycles. The van der Waals surface area contributed by atoms with Gasteiger partial charge < -0.3 is 0 Å². The minimum atomic E-state index is 0.887. The van der Waals surface area contributed by atoms with Crippen LogP contribution >= 0.6 is 0 Å². The van der Waals surface area contributed by atoms with Crippen LogP contribution in [-0.2, 0) is 0 Å². The molecule has 0 atom stereocenters. The lowest BCUT2D eigenvalue weighted by molar-refractivity contribution is 0.313. The van der Waals surface area contributed by atoms with E-state index in [-0.39, 0.29) is 0 Å². The Morgan fingerprint density at radius 1 is 1.45 bits per heavy atom. The highest BCUT2D eigenvalue weighted by Crippen LogP contribution is 2.32. The van der Waals surface area contributed by atoms with Gasteiger partial charge in [0, 0.05) is 5.57 Å². The van der Waals surface area contributed by atoms with Gasteiger partial charge in [0.25, 0.3) is 0 Å². The Hall–Kier alpha value is -0.770. The average molecular weight is 149 g/mol. The molecule has 60 valence electrons. The van der Waals surface area contributed by atoms with E-state index in [0.29, 0.717) is 0 Å². The van der Waals surface area contributed by atoms with Gasteiger partial charge in [-0.25, -0.2) is 0 Å². The third-order valence-electron chi connectivity index (χ3n) is 2.63. The molecule has 0 aromatic heterocycles. The predicted octanol–water partition coefficient (Wildman–Crippen LogP) is 3.04. The van der Waals surface area contributed by atoms with E-state index in [1.54, 1.807) is 0 Å². The highest BCUT2D eigenvalue weighted by atomic mass is 14.3. The molecule has 0 N–H and O–H groups in total. The van der Waals surface area contributed by atoms with Crippen LogP contribution < -0.4 is 0 Å². The maximum atomic E-state index is 8.60. The van der Waals surface area contributed by atoms with Crippen LogP contribution in [0.25, 0.3) is 0 Å². The first-order chi connectivity index (χ1) is 5.24. The van der Waals surface area contributed by atoms with Crippen LogP contribution in [0.1, 0.15) is 39.5 Å². The molecule has 0 spiro atoms. The van der Waals surface area contributed by atoms with Crippen molar-refractivity contribution in [3.8, 4) is 6.07 Å². The maximum Gasteiger partial charge on any atom is 0.0943 e. The quantitative estimate of drug-likeness (QED) is 0.553. The molecule has 0 unspecified atom stereocenters. The Morgan fingerprint density at radius 2 is 2.09 bits per heavy atom. The second-order valence-electron chi connectivity index (χ2n) is 3.52. The molecule has 11 heavy (non-hydrogen) atoms. The van der Waals surface area contributed by atoms with E-state index < -0.39 is 0 Å². The molecule has 1 aliphatic carbocycles. The van der Waals surface area contributed by atoms with Crippen molar-refractivity contribution in [1.82, 2.24) is 0 Å². The lowest BCUT2D eigenvalue weighted by atomic mass is 9.80. The van der Waals surface area contributed by atoms with Gasteiger partial charge in [-0.1, -0.05) is 24.8 Å². The van der Waals surface area contributed by atoms with Gasteiger partial charge in [-0.3, -0.25) is 0 Å². The van der Waals surface area contributed by atoms with Crippen LogP contribution in [0.3, 0.4) is 0 Å². The topological polar surface area (TPSA) is 23.8 Å². The van der Waals surface area contributed by atoms with Crippen molar-refractivity contribution in [3.05, 3.63) is 11.1 Å². The summed E-state index contributed by atoms with van der Waals surface area (Å²) in [6.45, 7) is 3.99. The number of hydrogen-bond donors (Lipinski definition) is 0. The Bertz CT molecular complexity index is 203. The first-order valence-corrected chi connectivity index (χ1v) is 4.30. The first kappa shape index (κ1) is 8.33. The van der Waals surface area contributed by atoms with Gasteiger partial charge in [-0.15, -0.1) is 0 Å². The van der Waals surface area contributed by atoms with Gasteiger partial charge in [-0.2, -0.15) is 5.26 Å². The zero-order valence-corrected chi connectivity index (χ0v) is 7.35. The molecule has 0 aliphatic heterocycles. The van der Waals surface area contributed by atoms with E-state index in [1.807, 2.05) is 6.92 Å². The smallest absolute Gasteiger partial charge is 0.0943 e. The molecular formula is C10H15N. The van der Waals surface area contributed by atoms with E-state index in [2.05, 4.69) is 13.0 Å². The number of nitriles is 1. The molecule has 1 aliphatic rings. The number of hydrogen-bond acceptors (Lipinski definition) is 1. The van der Waals surface area contributed by atoms with Crippen LogP contribution in [0.5, 0.6) is 0 Å². The van der Waals surface area contributed by atoms with Crippen molar-refractivity contribution in [2.75, 3.05) is 0 Å². The van der Waals surface area contributed by atoms with Crippen LogP contribution in [0, 0.1) is 17.2 Å². The normalized spacial score (nSPS) is 20.1. The SMILES string of the molecule is CC(C#N)=C(C)CC1CCC1. The fraction of sp³-hybridized carbons (Fsp3) is 0.700. The molecule has 0 aromatic rings. The fourth-order valence-corrected chi connectivity index (χ4v) is 1.38. The molecule has 0 amide bonds. The van der Waals surface area contributed by atoms with Crippen molar-refractivity contribution < 1.29 is 0 Å². The van der Waals surface area contributed by atoms with Crippen LogP contribution in [0.2, 0.25) is 0 Å². The van der Waals surface area contributed by atoms with Gasteiger partial charge >= 0.3 is 0 Å². The Morgan fingerprint density at radius 3 is 2.45 bits per heavy atom. The second kappa shape index (κ2) is 3.57. The number of allylic oxidation sites excluding steroid dienone is 2. The summed E-state index contributed by atoms with van der Waals surface area (Å²) in [5.41, 5.74) is 2.20. The van der Waals surface area contributed by atoms with E-state index >= 15 is 0 Å². The van der Waals surface area contributed by atoms with E-state index in [9.17, 15) is 0 Å². The predicted molar refractivity (Wildman–Crippen MR) is 45.9 cm³/mol. The van der Waals surface area contributed by atoms with Crippen molar-refractivity contribution >= 4 is 0 Å². The maximum absolute atomic E-state index is 8.60. The van der Waals surface area contributed by atoms with Gasteiger partial charge in [0.1, 0.15) is 0 Å². The minimum Gasteiger partial charge on any atom is -0.193 e. The average Bonchev–Trinajstić information content (AvgIpc) is 1.94. The fourth-order valence-electron chi connectivity index (χ4n) is 1.38. The molecule has 1 heteroatoms. The molecule has 0 bridgehead atoms. The zero-order valence-electron chi connectivity index (χ0n) is 7.35. The zero-order chi connectivity index (χ0) is 8.27. The van der Waals surface area contributed by atoms with Crippen LogP contribution in [-0.4, -0.2) is 0 Å². The van der Waals surface area contributed by atoms with Gasteiger partial charge in [0.2, 0.25) is 0 Å². The summed E-state index contributed by atoms with van der Waals surface area (Å²) in [6.07, 6.45) is 5.29. The van der Waals surface area contributed by atoms with Crippen LogP contribution in [0.4, 0.5) is 0 Å². The van der Waals surface area contributed by atoms with E-state index in [1.165, 1.54) is 24.8 Å². The first-order valence-electron chi connectivity index (χ1n) is 4.30. The monoisotopic (exact) mass is 149 g/mol. The molecular weight excluding hydrogens is 134 g/mol. The second-order valence-corrected chi connectivity index (χ2v) is 3.52. The molecule has 1 nitrogen and oxygen atoms in total. The van der Waals surface area contributed by atoms with E-state index in [4.69, 9.17) is 5.26 Å². The molecule has 0 aromatic carbocycles. The number of nitrogens with zero attached hydrogens (tertiary/aromatic N) is 1. The van der Waals surface area contributed by atoms with Crippen molar-refractivity contribution in [2.45, 2.75) is 39.5 Å². The van der Waals surface area contributed by atoms with Crippen LogP contribution in [0.15, 0.2) is 11.1 Å². The van der Waals surface area contributed by atoms with Gasteiger partial charge in [0.05, 0.1) is 6.07 Å². The highest BCUT2D eigenvalue weighted by Gasteiger charge is 2.17. The molecule has 1 rings (SSSR count). The minimum absolute atomic E-state index is 0.887. The molecule has 0 saturated heterocycles. The number of rotatable bonds is 2. The van der Waals surface area contributed by atoms with Crippen molar-refractivity contribution in [1.29, 1.82) is 5.26 Å². The summed E-state index contributed by atoms with van der Waals surface area (Å²) in [6, 6.07) is 2.20. The van der Waals surface area contributed by atoms with E-state index in [0.717, 1.165) is 17.9 Å². The van der Waals surface area contributed by atoms with Crippen molar-refractivity contribution in [2.24, 2.45) is 5.92 Å². The Kier molecular flexibility index (Phi) is 2.70. The van der Waals surface area contributed by atoms with Crippen molar-refractivity contribution in [3.63, 3.8) is 0 Å². The third kappa shape index (κ3) is 2.08. The molecule has 1 saturated carbocycles. The lowest BCUT2D eigenvalue weighted by Gasteiger charge is -2.25. The summed E-state index contributed by atoms with van der Waals surface area (Å²) >= 11 is 0. The Balaban J connectivity index is 2.42. The highest BCUT2D eigenvalue weighted by molar-refractivity contribution is 5.24. The van der Waals surface area contributed by atoms with Gasteiger partial charge in [0.15, 0.2) is 0 Å². The summed E-state index contributed by atoms with van der Waals surface area (Å²) in [7, 11) is 0. The lowest BCUT2D eigenvalue weighted by Crippen LogP contribution is -2.11. The third-order valence-corrected chi connectivity index (χ3v) is 2.63. The summed E-state index contributed by atoms with van der Waals surface area (Å²) in [5, 5.41) is 8.60. The standard InChI is InChI=1S/C10H15N/c1-8(9(2)7-11)6-10-4-3-5-10/h10H,3-6H2,1-2H3. The summed E-state index contributed by atoms with van der Waals surface area (Å²) < 4.78 is 0. The summed E-state index contributed by atoms with van der Waals surface area (Å²) in [5.74, 6) is 0.887. The molecule has 0 radical (unpaired) electrons.